The number of aromatic nitrogens is 1. The lowest BCUT2D eigenvalue weighted by Gasteiger charge is -2.11. The molecule has 1 amide bonds. The summed E-state index contributed by atoms with van der Waals surface area (Å²) in [5.41, 5.74) is -0.524. The largest absolute Gasteiger partial charge is 0.478 e. The van der Waals surface area contributed by atoms with Gasteiger partial charge in [0.05, 0.1) is 22.3 Å². The van der Waals surface area contributed by atoms with Crippen molar-refractivity contribution < 1.29 is 27.9 Å². The topological polar surface area (TPSA) is 79.3 Å². The Morgan fingerprint density at radius 3 is 2.52 bits per heavy atom. The average molecular weight is 316 g/mol. The van der Waals surface area contributed by atoms with Gasteiger partial charge in [0.25, 0.3) is 5.91 Å². The number of amides is 1. The van der Waals surface area contributed by atoms with Crippen molar-refractivity contribution in [3.05, 3.63) is 45.9 Å². The lowest BCUT2D eigenvalue weighted by molar-refractivity contribution is -0.137. The van der Waals surface area contributed by atoms with Crippen LogP contribution in [-0.4, -0.2) is 22.0 Å². The van der Waals surface area contributed by atoms with E-state index in [9.17, 15) is 22.8 Å². The molecule has 2 N–H and O–H groups in total. The van der Waals surface area contributed by atoms with E-state index in [-0.39, 0.29) is 11.4 Å². The molecular formula is C12H7F3N2O3S. The normalized spacial score (nSPS) is 11.2. The quantitative estimate of drug-likeness (QED) is 0.912. The number of carboxylic acid groups (broad SMARTS) is 1. The molecule has 21 heavy (non-hydrogen) atoms. The second-order valence-electron chi connectivity index (χ2n) is 3.89. The van der Waals surface area contributed by atoms with Crippen molar-refractivity contribution in [1.82, 2.24) is 4.98 Å². The lowest BCUT2D eigenvalue weighted by Crippen LogP contribution is -2.16. The van der Waals surface area contributed by atoms with Crippen LogP contribution in [-0.2, 0) is 6.18 Å². The van der Waals surface area contributed by atoms with Crippen molar-refractivity contribution in [2.75, 3.05) is 5.32 Å². The van der Waals surface area contributed by atoms with Gasteiger partial charge in [-0.15, -0.1) is 11.3 Å². The van der Waals surface area contributed by atoms with Gasteiger partial charge >= 0.3 is 12.1 Å². The summed E-state index contributed by atoms with van der Waals surface area (Å²) in [7, 11) is 0. The molecule has 1 heterocycles. The zero-order chi connectivity index (χ0) is 15.6. The van der Waals surface area contributed by atoms with E-state index in [4.69, 9.17) is 5.11 Å². The molecule has 1 aromatic heterocycles. The third kappa shape index (κ3) is 3.37. The van der Waals surface area contributed by atoms with E-state index in [0.717, 1.165) is 17.4 Å². The maximum Gasteiger partial charge on any atom is 0.416 e. The fraction of sp³-hybridized carbons (Fsp3) is 0.0833. The van der Waals surface area contributed by atoms with Crippen LogP contribution in [0.2, 0.25) is 0 Å². The minimum atomic E-state index is -4.67. The Morgan fingerprint density at radius 1 is 1.29 bits per heavy atom. The first-order valence-electron chi connectivity index (χ1n) is 5.43. The van der Waals surface area contributed by atoms with Gasteiger partial charge in [0, 0.05) is 5.38 Å². The Morgan fingerprint density at radius 2 is 2.00 bits per heavy atom. The Balaban J connectivity index is 2.35. The predicted octanol–water partition coefficient (Wildman–Crippen LogP) is 3.11. The zero-order valence-corrected chi connectivity index (χ0v) is 11.0. The maximum atomic E-state index is 12.6. The highest BCUT2D eigenvalue weighted by Gasteiger charge is 2.32. The number of nitrogens with zero attached hydrogens (tertiary/aromatic N) is 1. The summed E-state index contributed by atoms with van der Waals surface area (Å²) in [6.07, 6.45) is -4.67. The zero-order valence-electron chi connectivity index (χ0n) is 10.1. The van der Waals surface area contributed by atoms with Gasteiger partial charge in [-0.1, -0.05) is 0 Å². The molecule has 0 aliphatic rings. The number of halogens is 3. The molecule has 2 rings (SSSR count). The molecule has 0 spiro atoms. The van der Waals surface area contributed by atoms with Crippen molar-refractivity contribution >= 4 is 28.9 Å². The van der Waals surface area contributed by atoms with Gasteiger partial charge in [-0.05, 0) is 18.2 Å². The number of aromatic carboxylic acids is 1. The molecule has 0 bridgehead atoms. The van der Waals surface area contributed by atoms with E-state index in [1.54, 1.807) is 0 Å². The summed E-state index contributed by atoms with van der Waals surface area (Å²) in [5, 5.41) is 12.6. The van der Waals surface area contributed by atoms with Gasteiger partial charge in [-0.3, -0.25) is 4.79 Å². The number of hydrogen-bond donors (Lipinski definition) is 2. The highest BCUT2D eigenvalue weighted by atomic mass is 32.1. The summed E-state index contributed by atoms with van der Waals surface area (Å²) < 4.78 is 37.7. The summed E-state index contributed by atoms with van der Waals surface area (Å²) in [5.74, 6) is -2.27. The van der Waals surface area contributed by atoms with Crippen molar-refractivity contribution in [2.24, 2.45) is 0 Å². The molecular weight excluding hydrogens is 309 g/mol. The van der Waals surface area contributed by atoms with Gasteiger partial charge < -0.3 is 10.4 Å². The van der Waals surface area contributed by atoms with E-state index in [0.29, 0.717) is 12.1 Å². The minimum Gasteiger partial charge on any atom is -0.478 e. The van der Waals surface area contributed by atoms with Crippen LogP contribution < -0.4 is 5.32 Å². The molecule has 5 nitrogen and oxygen atoms in total. The molecule has 0 saturated heterocycles. The van der Waals surface area contributed by atoms with E-state index in [2.05, 4.69) is 10.3 Å². The Bertz CT molecular complexity index is 684. The van der Waals surface area contributed by atoms with E-state index >= 15 is 0 Å². The van der Waals surface area contributed by atoms with Crippen molar-refractivity contribution in [3.8, 4) is 0 Å². The fourth-order valence-corrected chi connectivity index (χ4v) is 2.05. The van der Waals surface area contributed by atoms with Gasteiger partial charge in [0.1, 0.15) is 5.69 Å². The number of benzene rings is 1. The number of thiazole rings is 1. The predicted molar refractivity (Wildman–Crippen MR) is 68.5 cm³/mol. The smallest absolute Gasteiger partial charge is 0.416 e. The Labute approximate surface area is 120 Å². The fourth-order valence-electron chi connectivity index (χ4n) is 1.52. The summed E-state index contributed by atoms with van der Waals surface area (Å²) in [6, 6.07) is 2.07. The molecule has 0 aliphatic carbocycles. The minimum absolute atomic E-state index is 0.0521. The van der Waals surface area contributed by atoms with Crippen LogP contribution in [0, 0.1) is 0 Å². The summed E-state index contributed by atoms with van der Waals surface area (Å²) in [4.78, 5) is 26.5. The molecule has 0 unspecified atom stereocenters. The molecule has 9 heteroatoms. The number of rotatable bonds is 3. The van der Waals surface area contributed by atoms with E-state index in [1.807, 2.05) is 0 Å². The maximum absolute atomic E-state index is 12.6. The first kappa shape index (κ1) is 15.0. The Hall–Kier alpha value is -2.42. The van der Waals surface area contributed by atoms with Gasteiger partial charge in [-0.25, -0.2) is 9.78 Å². The summed E-state index contributed by atoms with van der Waals surface area (Å²) >= 11 is 1.16. The first-order chi connectivity index (χ1) is 9.79. The first-order valence-corrected chi connectivity index (χ1v) is 6.37. The highest BCUT2D eigenvalue weighted by molar-refractivity contribution is 7.07. The molecule has 0 radical (unpaired) electrons. The monoisotopic (exact) mass is 316 g/mol. The van der Waals surface area contributed by atoms with Gasteiger partial charge in [0.15, 0.2) is 0 Å². The number of alkyl halides is 3. The number of hydrogen-bond acceptors (Lipinski definition) is 4. The number of nitrogens with one attached hydrogen (secondary N) is 1. The van der Waals surface area contributed by atoms with Crippen LogP contribution in [0.1, 0.15) is 26.4 Å². The molecule has 0 fully saturated rings. The van der Waals surface area contributed by atoms with Crippen LogP contribution in [0.3, 0.4) is 0 Å². The number of carbonyl (C=O) groups is 2. The second kappa shape index (κ2) is 5.52. The molecule has 2 aromatic rings. The summed E-state index contributed by atoms with van der Waals surface area (Å²) in [6.45, 7) is 0. The lowest BCUT2D eigenvalue weighted by atomic mass is 10.1. The molecule has 0 aliphatic heterocycles. The van der Waals surface area contributed by atoms with Crippen molar-refractivity contribution in [1.29, 1.82) is 0 Å². The van der Waals surface area contributed by atoms with Crippen LogP contribution in [0.5, 0.6) is 0 Å². The number of carbonyl (C=O) groups excluding carboxylic acids is 1. The molecule has 110 valence electrons. The van der Waals surface area contributed by atoms with Crippen LogP contribution in [0.15, 0.2) is 29.1 Å². The molecule has 1 aromatic carbocycles. The van der Waals surface area contributed by atoms with Crippen molar-refractivity contribution in [2.45, 2.75) is 6.18 Å². The molecule has 0 atom stereocenters. The van der Waals surface area contributed by atoms with Gasteiger partial charge in [-0.2, -0.15) is 13.2 Å². The third-order valence-electron chi connectivity index (χ3n) is 2.49. The number of anilines is 1. The number of carboxylic acids is 1. The van der Waals surface area contributed by atoms with Crippen LogP contribution in [0.4, 0.5) is 18.9 Å². The third-order valence-corrected chi connectivity index (χ3v) is 3.08. The molecule has 0 saturated carbocycles. The SMILES string of the molecule is O=C(Nc1ccc(C(F)(F)F)cc1C(=O)O)c1cscn1. The Kier molecular flexibility index (Phi) is 3.94. The van der Waals surface area contributed by atoms with Crippen molar-refractivity contribution in [3.63, 3.8) is 0 Å². The standard InChI is InChI=1S/C12H7F3N2O3S/c13-12(14,15)6-1-2-8(7(3-6)11(19)20)17-10(18)9-4-21-5-16-9/h1-5H,(H,17,18)(H,19,20). The second-order valence-corrected chi connectivity index (χ2v) is 4.61. The van der Waals surface area contributed by atoms with E-state index < -0.39 is 29.2 Å². The average Bonchev–Trinajstić information content (AvgIpc) is 2.91. The van der Waals surface area contributed by atoms with Gasteiger partial charge in [0.2, 0.25) is 0 Å². The van der Waals surface area contributed by atoms with Crippen LogP contribution in [0.25, 0.3) is 0 Å². The van der Waals surface area contributed by atoms with Crippen LogP contribution >= 0.6 is 11.3 Å². The highest BCUT2D eigenvalue weighted by Crippen LogP contribution is 2.32. The van der Waals surface area contributed by atoms with E-state index in [1.165, 1.54) is 10.9 Å².